The monoisotopic (exact) mass is 439 g/mol. The maximum absolute atomic E-state index is 13.0. The summed E-state index contributed by atoms with van der Waals surface area (Å²) in [6.45, 7) is 1.72. The highest BCUT2D eigenvalue weighted by atomic mass is 32.1. The number of carbonyl (C=O) groups is 1. The first-order chi connectivity index (χ1) is 15.0. The van der Waals surface area contributed by atoms with E-state index in [4.69, 9.17) is 9.47 Å². The number of amides is 1. The number of hydrogen-bond acceptors (Lipinski definition) is 6. The fourth-order valence-corrected chi connectivity index (χ4v) is 3.59. The van der Waals surface area contributed by atoms with Gasteiger partial charge in [0.15, 0.2) is 11.6 Å². The smallest absolute Gasteiger partial charge is 0.262 e. The molecule has 1 N–H and O–H groups in total. The lowest BCUT2D eigenvalue weighted by atomic mass is 10.2. The van der Waals surface area contributed by atoms with Gasteiger partial charge in [-0.1, -0.05) is 6.07 Å². The number of anilines is 1. The Bertz CT molecular complexity index is 1280. The fourth-order valence-electron chi connectivity index (χ4n) is 2.85. The van der Waals surface area contributed by atoms with Gasteiger partial charge >= 0.3 is 0 Å². The van der Waals surface area contributed by atoms with Crippen LogP contribution < -0.4 is 20.3 Å². The lowest BCUT2D eigenvalue weighted by Crippen LogP contribution is -2.20. The van der Waals surface area contributed by atoms with Gasteiger partial charge in [-0.15, -0.1) is 11.3 Å². The van der Waals surface area contributed by atoms with E-state index in [0.717, 1.165) is 5.56 Å². The van der Waals surface area contributed by atoms with Gasteiger partial charge in [-0.05, 0) is 48.9 Å². The largest absolute Gasteiger partial charge is 0.485 e. The molecule has 2 heterocycles. The normalized spacial score (nSPS) is 10.8. The number of hydrogen-bond donors (Lipinski definition) is 1. The average Bonchev–Trinajstić information content (AvgIpc) is 3.22. The maximum atomic E-state index is 13.0. The zero-order valence-corrected chi connectivity index (χ0v) is 17.3. The third kappa shape index (κ3) is 5.07. The Hall–Kier alpha value is -3.72. The van der Waals surface area contributed by atoms with Gasteiger partial charge in [0, 0.05) is 17.6 Å². The minimum Gasteiger partial charge on any atom is -0.485 e. The van der Waals surface area contributed by atoms with Crippen molar-refractivity contribution in [3.05, 3.63) is 87.5 Å². The van der Waals surface area contributed by atoms with Crippen molar-refractivity contribution < 1.29 is 18.7 Å². The number of fused-ring (bicyclic) bond motifs is 1. The molecule has 0 atom stereocenters. The van der Waals surface area contributed by atoms with Gasteiger partial charge in [-0.2, -0.15) is 0 Å². The summed E-state index contributed by atoms with van der Waals surface area (Å²) in [5, 5.41) is 4.55. The predicted molar refractivity (Wildman–Crippen MR) is 115 cm³/mol. The third-order valence-electron chi connectivity index (χ3n) is 4.32. The molecule has 4 rings (SSSR count). The molecule has 0 aliphatic heterocycles. The number of thiazole rings is 1. The van der Waals surface area contributed by atoms with Gasteiger partial charge in [-0.25, -0.2) is 9.37 Å². The first-order valence-electron chi connectivity index (χ1n) is 9.35. The van der Waals surface area contributed by atoms with E-state index < -0.39 is 5.91 Å². The van der Waals surface area contributed by atoms with E-state index in [0.29, 0.717) is 27.8 Å². The molecule has 31 heavy (non-hydrogen) atoms. The van der Waals surface area contributed by atoms with E-state index in [2.05, 4.69) is 10.3 Å². The molecule has 0 unspecified atom stereocenters. The Morgan fingerprint density at radius 1 is 1.16 bits per heavy atom. The summed E-state index contributed by atoms with van der Waals surface area (Å²) in [6.07, 6.45) is 1.67. The molecule has 4 aromatic rings. The Balaban J connectivity index is 1.43. The molecular formula is C22H18FN3O4S. The van der Waals surface area contributed by atoms with Crippen LogP contribution in [0.3, 0.4) is 0 Å². The molecule has 1 amide bonds. The fraction of sp³-hybridized carbons (Fsp3) is 0.136. The summed E-state index contributed by atoms with van der Waals surface area (Å²) < 4.78 is 25.6. The third-order valence-corrected chi connectivity index (χ3v) is 5.08. The minimum atomic E-state index is -0.392. The number of ether oxygens (including phenoxy) is 2. The standard InChI is InChI=1S/C22H18FN3O4S/c1-14-2-7-19(30-12-16-11-21(28)26-8-9-31-22(26)24-16)18(10-14)25-20(27)13-29-17-5-3-15(23)4-6-17/h2-11H,12-13H2,1H3,(H,25,27). The quantitative estimate of drug-likeness (QED) is 0.474. The van der Waals surface area contributed by atoms with Crippen LogP contribution in [0.4, 0.5) is 10.1 Å². The van der Waals surface area contributed by atoms with Gasteiger partial charge in [0.1, 0.15) is 23.9 Å². The SMILES string of the molecule is Cc1ccc(OCc2cc(=O)n3ccsc3n2)c(NC(=O)COc2ccc(F)cc2)c1. The van der Waals surface area contributed by atoms with E-state index in [1.54, 1.807) is 23.7 Å². The molecule has 0 bridgehead atoms. The molecule has 7 nitrogen and oxygen atoms in total. The molecule has 0 fully saturated rings. The van der Waals surface area contributed by atoms with Crippen LogP contribution >= 0.6 is 11.3 Å². The molecular weight excluding hydrogens is 421 g/mol. The van der Waals surface area contributed by atoms with E-state index >= 15 is 0 Å². The number of aryl methyl sites for hydroxylation is 1. The van der Waals surface area contributed by atoms with Crippen LogP contribution in [0.2, 0.25) is 0 Å². The van der Waals surface area contributed by atoms with E-state index in [1.807, 2.05) is 13.0 Å². The number of rotatable bonds is 7. The number of carbonyl (C=O) groups excluding carboxylic acids is 1. The van der Waals surface area contributed by atoms with E-state index in [1.165, 1.54) is 46.1 Å². The van der Waals surface area contributed by atoms with Gasteiger partial charge in [0.2, 0.25) is 0 Å². The summed E-state index contributed by atoms with van der Waals surface area (Å²) in [5.74, 6) is 0.0532. The molecule has 0 spiro atoms. The van der Waals surface area contributed by atoms with Crippen molar-refractivity contribution in [2.45, 2.75) is 13.5 Å². The van der Waals surface area contributed by atoms with Crippen LogP contribution in [0.5, 0.6) is 11.5 Å². The van der Waals surface area contributed by atoms with Crippen LogP contribution in [-0.2, 0) is 11.4 Å². The first kappa shape index (κ1) is 20.5. The number of nitrogens with one attached hydrogen (secondary N) is 1. The summed E-state index contributed by atoms with van der Waals surface area (Å²) in [6, 6.07) is 12.2. The zero-order valence-electron chi connectivity index (χ0n) is 16.5. The molecule has 0 saturated heterocycles. The topological polar surface area (TPSA) is 81.9 Å². The van der Waals surface area contributed by atoms with Crippen LogP contribution in [-0.4, -0.2) is 21.9 Å². The molecule has 158 valence electrons. The van der Waals surface area contributed by atoms with Crippen molar-refractivity contribution in [3.8, 4) is 11.5 Å². The van der Waals surface area contributed by atoms with Gasteiger partial charge in [0.25, 0.3) is 11.5 Å². The van der Waals surface area contributed by atoms with Gasteiger partial charge in [0.05, 0.1) is 11.4 Å². The summed E-state index contributed by atoms with van der Waals surface area (Å²) in [4.78, 5) is 29.4. The van der Waals surface area contributed by atoms with Crippen molar-refractivity contribution in [3.63, 3.8) is 0 Å². The van der Waals surface area contributed by atoms with Crippen LogP contribution in [0.15, 0.2) is 64.9 Å². The average molecular weight is 439 g/mol. The highest BCUT2D eigenvalue weighted by Crippen LogP contribution is 2.26. The van der Waals surface area contributed by atoms with Crippen molar-refractivity contribution in [1.29, 1.82) is 0 Å². The molecule has 0 aliphatic rings. The second kappa shape index (κ2) is 8.97. The van der Waals surface area contributed by atoms with Crippen molar-refractivity contribution in [2.24, 2.45) is 0 Å². The highest BCUT2D eigenvalue weighted by molar-refractivity contribution is 7.15. The van der Waals surface area contributed by atoms with E-state index in [9.17, 15) is 14.0 Å². The molecule has 9 heteroatoms. The highest BCUT2D eigenvalue weighted by Gasteiger charge is 2.11. The molecule has 0 saturated carbocycles. The lowest BCUT2D eigenvalue weighted by molar-refractivity contribution is -0.118. The van der Waals surface area contributed by atoms with Gasteiger partial charge < -0.3 is 14.8 Å². The van der Waals surface area contributed by atoms with Crippen molar-refractivity contribution in [2.75, 3.05) is 11.9 Å². The van der Waals surface area contributed by atoms with Crippen molar-refractivity contribution in [1.82, 2.24) is 9.38 Å². The predicted octanol–water partition coefficient (Wildman–Crippen LogP) is 3.80. The molecule has 0 aliphatic carbocycles. The minimum absolute atomic E-state index is 0.0711. The van der Waals surface area contributed by atoms with Crippen LogP contribution in [0.25, 0.3) is 4.96 Å². The van der Waals surface area contributed by atoms with Gasteiger partial charge in [-0.3, -0.25) is 14.0 Å². The van der Waals surface area contributed by atoms with E-state index in [-0.39, 0.29) is 24.6 Å². The van der Waals surface area contributed by atoms with Crippen molar-refractivity contribution >= 4 is 27.9 Å². The zero-order chi connectivity index (χ0) is 21.8. The lowest BCUT2D eigenvalue weighted by Gasteiger charge is -2.14. The Kier molecular flexibility index (Phi) is 5.94. The molecule has 2 aromatic carbocycles. The Labute approximate surface area is 180 Å². The Morgan fingerprint density at radius 2 is 1.97 bits per heavy atom. The summed E-state index contributed by atoms with van der Waals surface area (Å²) in [7, 11) is 0. The van der Waals surface area contributed by atoms with Crippen LogP contribution in [0.1, 0.15) is 11.3 Å². The number of benzene rings is 2. The second-order valence-corrected chi connectivity index (χ2v) is 7.59. The summed E-state index contributed by atoms with van der Waals surface area (Å²) in [5.41, 5.74) is 1.71. The maximum Gasteiger partial charge on any atom is 0.262 e. The molecule has 0 radical (unpaired) electrons. The summed E-state index contributed by atoms with van der Waals surface area (Å²) >= 11 is 1.36. The number of halogens is 1. The molecule has 2 aromatic heterocycles. The second-order valence-electron chi connectivity index (χ2n) is 6.72. The first-order valence-corrected chi connectivity index (χ1v) is 10.2. The Morgan fingerprint density at radius 3 is 2.77 bits per heavy atom. The number of aromatic nitrogens is 2. The number of nitrogens with zero attached hydrogens (tertiary/aromatic N) is 2. The van der Waals surface area contributed by atoms with Crippen LogP contribution in [0, 0.1) is 12.7 Å².